The number of hydrogen-bond acceptors (Lipinski definition) is 10. The summed E-state index contributed by atoms with van der Waals surface area (Å²) in [6.45, 7) is 2.20. The predicted octanol–water partition coefficient (Wildman–Crippen LogP) is 2.42. The average Bonchev–Trinajstić information content (AvgIpc) is 3.71. The number of carbonyl (C=O) groups is 3. The summed E-state index contributed by atoms with van der Waals surface area (Å²) in [5.41, 5.74) is 1.35. The topological polar surface area (TPSA) is 192 Å². The molecule has 0 bridgehead atoms. The summed E-state index contributed by atoms with van der Waals surface area (Å²) in [4.78, 5) is 54.2. The minimum atomic E-state index is -1.25. The van der Waals surface area contributed by atoms with Crippen LogP contribution in [-0.4, -0.2) is 78.7 Å². The second-order valence-corrected chi connectivity index (χ2v) is 9.51. The predicted molar refractivity (Wildman–Crippen MR) is 151 cm³/mol. The molecule has 2 aliphatic heterocycles. The Kier molecular flexibility index (Phi) is 7.74. The fraction of sp³-hybridized carbons (Fsp3) is 0.250. The van der Waals surface area contributed by atoms with Crippen molar-refractivity contribution in [1.82, 2.24) is 29.8 Å². The molecule has 4 unspecified atom stereocenters. The van der Waals surface area contributed by atoms with Crippen LogP contribution in [0.5, 0.6) is 0 Å². The van der Waals surface area contributed by atoms with Gasteiger partial charge in [0.05, 0.1) is 6.33 Å². The molecule has 0 saturated carbocycles. The molecule has 15 nitrogen and oxygen atoms in total. The van der Waals surface area contributed by atoms with Gasteiger partial charge in [-0.2, -0.15) is 0 Å². The average molecular weight is 587 g/mol. The van der Waals surface area contributed by atoms with Gasteiger partial charge in [-0.1, -0.05) is 36.4 Å². The Labute approximate surface area is 243 Å². The lowest BCUT2D eigenvalue weighted by atomic mass is 10.1. The summed E-state index contributed by atoms with van der Waals surface area (Å²) in [6, 6.07) is 11.9. The van der Waals surface area contributed by atoms with E-state index in [1.807, 2.05) is 36.4 Å². The zero-order valence-corrected chi connectivity index (χ0v) is 22.7. The van der Waals surface area contributed by atoms with Crippen LogP contribution >= 0.6 is 0 Å². The van der Waals surface area contributed by atoms with E-state index in [9.17, 15) is 19.5 Å². The molecule has 2 aliphatic rings. The molecular weight excluding hydrogens is 560 g/mol. The van der Waals surface area contributed by atoms with E-state index in [0.29, 0.717) is 17.7 Å². The molecule has 220 valence electrons. The monoisotopic (exact) mass is 586 g/mol. The van der Waals surface area contributed by atoms with Crippen LogP contribution in [0.3, 0.4) is 0 Å². The maximum atomic E-state index is 13.5. The standard InChI is InChI=1S/C28H26N8O7/c1-2-29-28(40)35-23-18-24(32-13-31-23)36(14-33-18)26-21-19(41-17(42-21)11-10-15-7-4-3-5-8-15)20(43-26)25(37)34-22-16(27(38)39)9-6-12-30-22/h3-14,17,19-21,26H,2H2,1H3,(H,38,39)(H,30,34,37)(H2,29,31,32,35,40)/t17-,19?,20?,21?,26?/m0/s1. The highest BCUT2D eigenvalue weighted by Crippen LogP contribution is 2.41. The lowest BCUT2D eigenvalue weighted by Crippen LogP contribution is -2.38. The quantitative estimate of drug-likeness (QED) is 0.237. The van der Waals surface area contributed by atoms with E-state index in [1.165, 1.54) is 31.0 Å². The zero-order chi connectivity index (χ0) is 29.9. The molecule has 43 heavy (non-hydrogen) atoms. The first-order chi connectivity index (χ1) is 20.9. The number of amides is 3. The van der Waals surface area contributed by atoms with E-state index in [1.54, 1.807) is 17.6 Å². The fourth-order valence-corrected chi connectivity index (χ4v) is 4.86. The number of benzene rings is 1. The molecule has 4 aromatic rings. The summed E-state index contributed by atoms with van der Waals surface area (Å²) in [5, 5.41) is 17.4. The van der Waals surface area contributed by atoms with Crippen LogP contribution in [0.2, 0.25) is 0 Å². The highest BCUT2D eigenvalue weighted by molar-refractivity contribution is 6.01. The number of carboxylic acid groups (broad SMARTS) is 1. The third-order valence-corrected chi connectivity index (χ3v) is 6.76. The van der Waals surface area contributed by atoms with Crippen molar-refractivity contribution in [3.8, 4) is 0 Å². The molecule has 4 N–H and O–H groups in total. The number of nitrogens with one attached hydrogen (secondary N) is 3. The summed E-state index contributed by atoms with van der Waals surface area (Å²) in [5.74, 6) is -1.88. The van der Waals surface area contributed by atoms with Crippen molar-refractivity contribution in [3.05, 3.63) is 78.5 Å². The van der Waals surface area contributed by atoms with E-state index >= 15 is 0 Å². The smallest absolute Gasteiger partial charge is 0.339 e. The number of imidazole rings is 1. The van der Waals surface area contributed by atoms with Crippen molar-refractivity contribution in [2.75, 3.05) is 17.2 Å². The van der Waals surface area contributed by atoms with Crippen LogP contribution in [0, 0.1) is 0 Å². The van der Waals surface area contributed by atoms with Crippen LogP contribution in [0.25, 0.3) is 17.2 Å². The number of hydrogen-bond donors (Lipinski definition) is 4. The molecule has 6 rings (SSSR count). The largest absolute Gasteiger partial charge is 0.478 e. The van der Waals surface area contributed by atoms with Crippen molar-refractivity contribution in [1.29, 1.82) is 0 Å². The summed E-state index contributed by atoms with van der Waals surface area (Å²) in [7, 11) is 0. The van der Waals surface area contributed by atoms with Crippen LogP contribution in [-0.2, 0) is 19.0 Å². The summed E-state index contributed by atoms with van der Waals surface area (Å²) < 4.78 is 20.1. The number of urea groups is 1. The summed E-state index contributed by atoms with van der Waals surface area (Å²) >= 11 is 0. The highest BCUT2D eigenvalue weighted by Gasteiger charge is 2.56. The van der Waals surface area contributed by atoms with Crippen molar-refractivity contribution in [2.24, 2.45) is 0 Å². The number of ether oxygens (including phenoxy) is 3. The van der Waals surface area contributed by atoms with Gasteiger partial charge >= 0.3 is 12.0 Å². The molecule has 0 radical (unpaired) electrons. The lowest BCUT2D eigenvalue weighted by Gasteiger charge is -2.20. The Morgan fingerprint density at radius 3 is 2.56 bits per heavy atom. The van der Waals surface area contributed by atoms with Gasteiger partial charge in [0.2, 0.25) is 0 Å². The molecule has 2 saturated heterocycles. The Hall–Kier alpha value is -5.25. The minimum absolute atomic E-state index is 0.134. The van der Waals surface area contributed by atoms with Crippen LogP contribution in [0.1, 0.15) is 29.1 Å². The zero-order valence-electron chi connectivity index (χ0n) is 22.7. The summed E-state index contributed by atoms with van der Waals surface area (Å²) in [6.07, 6.45) is 2.99. The second kappa shape index (κ2) is 11.9. The lowest BCUT2D eigenvalue weighted by molar-refractivity contribution is -0.148. The molecule has 3 amide bonds. The van der Waals surface area contributed by atoms with E-state index in [2.05, 4.69) is 35.9 Å². The minimum Gasteiger partial charge on any atom is -0.478 e. The number of nitrogens with zero attached hydrogens (tertiary/aromatic N) is 5. The highest BCUT2D eigenvalue weighted by atomic mass is 16.8. The normalized spacial score (nSPS) is 22.9. The number of carbonyl (C=O) groups excluding carboxylic acids is 2. The van der Waals surface area contributed by atoms with Gasteiger partial charge in [0.25, 0.3) is 5.91 Å². The Morgan fingerprint density at radius 2 is 1.77 bits per heavy atom. The van der Waals surface area contributed by atoms with E-state index in [4.69, 9.17) is 14.2 Å². The Bertz CT molecular complexity index is 1690. The number of aromatic nitrogens is 5. The third kappa shape index (κ3) is 5.63. The second-order valence-electron chi connectivity index (χ2n) is 9.51. The molecule has 15 heteroatoms. The third-order valence-electron chi connectivity index (χ3n) is 6.76. The van der Waals surface area contributed by atoms with Gasteiger partial charge in [0, 0.05) is 12.7 Å². The van der Waals surface area contributed by atoms with Crippen molar-refractivity contribution < 1.29 is 33.7 Å². The number of anilines is 2. The van der Waals surface area contributed by atoms with Crippen molar-refractivity contribution >= 4 is 46.8 Å². The molecule has 3 aromatic heterocycles. The van der Waals surface area contributed by atoms with Crippen LogP contribution in [0.4, 0.5) is 16.4 Å². The molecule has 5 atom stereocenters. The Balaban J connectivity index is 1.31. The molecular formula is C28H26N8O7. The van der Waals surface area contributed by atoms with Gasteiger partial charge in [0.1, 0.15) is 29.9 Å². The molecule has 0 spiro atoms. The molecule has 2 fully saturated rings. The number of carboxylic acids is 1. The number of pyridine rings is 1. The van der Waals surface area contributed by atoms with Gasteiger partial charge in [-0.15, -0.1) is 0 Å². The molecule has 0 aliphatic carbocycles. The number of rotatable bonds is 8. The van der Waals surface area contributed by atoms with Crippen molar-refractivity contribution in [2.45, 2.75) is 37.8 Å². The maximum absolute atomic E-state index is 13.5. The fourth-order valence-electron chi connectivity index (χ4n) is 4.86. The van der Waals surface area contributed by atoms with E-state index < -0.39 is 48.7 Å². The first kappa shape index (κ1) is 27.9. The van der Waals surface area contributed by atoms with Crippen LogP contribution in [0.15, 0.2) is 67.4 Å². The first-order valence-electron chi connectivity index (χ1n) is 13.3. The van der Waals surface area contributed by atoms with Crippen LogP contribution < -0.4 is 16.0 Å². The number of aromatic carboxylic acids is 1. The Morgan fingerprint density at radius 1 is 0.953 bits per heavy atom. The molecule has 5 heterocycles. The SMILES string of the molecule is CCNC(=O)Nc1ncnc2c1ncn2C1OC(C(=O)Nc2ncccc2C(=O)O)C2O[C@H](C=Cc3ccccc3)OC21. The van der Waals surface area contributed by atoms with Gasteiger partial charge in [-0.3, -0.25) is 14.7 Å². The van der Waals surface area contributed by atoms with Gasteiger partial charge in [-0.25, -0.2) is 29.5 Å². The van der Waals surface area contributed by atoms with E-state index in [-0.39, 0.29) is 17.2 Å². The maximum Gasteiger partial charge on any atom is 0.339 e. The van der Waals surface area contributed by atoms with E-state index in [0.717, 1.165) is 5.56 Å². The first-order valence-corrected chi connectivity index (χ1v) is 13.3. The van der Waals surface area contributed by atoms with Gasteiger partial charge < -0.3 is 30.0 Å². The van der Waals surface area contributed by atoms with Gasteiger partial charge in [-0.05, 0) is 30.7 Å². The van der Waals surface area contributed by atoms with Crippen molar-refractivity contribution in [3.63, 3.8) is 0 Å². The number of fused-ring (bicyclic) bond motifs is 2. The van der Waals surface area contributed by atoms with Gasteiger partial charge in [0.15, 0.2) is 35.6 Å². The molecule has 1 aromatic carbocycles.